The zero-order chi connectivity index (χ0) is 30.4. The van der Waals surface area contributed by atoms with E-state index in [4.69, 9.17) is 22.9 Å². The average molecular weight is 559 g/mol. The molecule has 0 spiro atoms. The molecule has 1 saturated carbocycles. The molecule has 0 aromatic heterocycles. The van der Waals surface area contributed by atoms with E-state index in [0.29, 0.717) is 22.4 Å². The third kappa shape index (κ3) is 3.34. The number of benzene rings is 2. The first-order chi connectivity index (χ1) is 19.1. The second-order valence-corrected chi connectivity index (χ2v) is 11.3. The first kappa shape index (κ1) is 27.9. The van der Waals surface area contributed by atoms with Crippen LogP contribution in [0, 0.1) is 23.7 Å². The van der Waals surface area contributed by atoms with Gasteiger partial charge in [0.2, 0.25) is 0 Å². The number of aryl methyl sites for hydroxylation is 1. The summed E-state index contributed by atoms with van der Waals surface area (Å²) in [6.45, 7) is 1.84. The molecule has 2 aromatic carbocycles. The van der Waals surface area contributed by atoms with Gasteiger partial charge < -0.3 is 38.3 Å². The molecule has 0 saturated heterocycles. The predicted octanol–water partition coefficient (Wildman–Crippen LogP) is 0.463. The van der Waals surface area contributed by atoms with E-state index in [1.165, 1.54) is 25.1 Å². The molecule has 11 N–H and O–H groups in total. The van der Waals surface area contributed by atoms with Gasteiger partial charge in [-0.05, 0) is 68.2 Å². The summed E-state index contributed by atoms with van der Waals surface area (Å²) in [7, 11) is 2.93. The number of hydrogen-bond acceptors (Lipinski definition) is 11. The molecule has 12 heteroatoms. The summed E-state index contributed by atoms with van der Waals surface area (Å²) < 4.78 is 0. The number of hydrogen-bond donors (Lipinski definition) is 7. The van der Waals surface area contributed by atoms with Crippen LogP contribution in [0.25, 0.3) is 16.9 Å². The highest BCUT2D eigenvalue weighted by molar-refractivity contribution is 6.25. The van der Waals surface area contributed by atoms with Gasteiger partial charge in [-0.1, -0.05) is 18.2 Å². The van der Waals surface area contributed by atoms with E-state index in [0.717, 1.165) is 5.56 Å². The number of aliphatic hydroxyl groups is 2. The Morgan fingerprint density at radius 1 is 1.12 bits per heavy atom. The quantitative estimate of drug-likeness (QED) is 0.201. The van der Waals surface area contributed by atoms with Crippen molar-refractivity contribution in [3.63, 3.8) is 0 Å². The molecular weight excluding hydrogens is 528 g/mol. The molecule has 212 valence electrons. The van der Waals surface area contributed by atoms with Crippen molar-refractivity contribution >= 4 is 28.9 Å². The van der Waals surface area contributed by atoms with E-state index in [1.54, 1.807) is 18.2 Å². The third-order valence-corrected chi connectivity index (χ3v) is 8.72. The largest absolute Gasteiger partial charge is 0.509 e. The fourth-order valence-corrected chi connectivity index (χ4v) is 6.91. The van der Waals surface area contributed by atoms with Crippen molar-refractivity contribution in [2.45, 2.75) is 36.9 Å². The summed E-state index contributed by atoms with van der Waals surface area (Å²) in [5.41, 5.74) is 20.2. The van der Waals surface area contributed by atoms with Crippen LogP contribution >= 0.6 is 0 Å². The number of phenolic OH excluding ortho intramolecular Hbond substituents is 1. The van der Waals surface area contributed by atoms with Crippen LogP contribution in [-0.4, -0.2) is 68.9 Å². The number of rotatable bonds is 3. The molecule has 0 unspecified atom stereocenters. The third-order valence-electron chi connectivity index (χ3n) is 8.72. The number of aromatic hydroxyl groups is 1. The molecule has 41 heavy (non-hydrogen) atoms. The van der Waals surface area contributed by atoms with Gasteiger partial charge in [0.1, 0.15) is 22.8 Å². The molecule has 2 aromatic rings. The Morgan fingerprint density at radius 2 is 1.78 bits per heavy atom. The van der Waals surface area contributed by atoms with E-state index < -0.39 is 69.1 Å². The number of carbonyl (C=O) groups excluding carboxylic acids is 3. The Labute approximate surface area is 235 Å². The van der Waals surface area contributed by atoms with Gasteiger partial charge in [-0.25, -0.2) is 0 Å². The van der Waals surface area contributed by atoms with Gasteiger partial charge in [0.25, 0.3) is 5.91 Å². The molecule has 12 nitrogen and oxygen atoms in total. The molecule has 4 atom stereocenters. The van der Waals surface area contributed by atoms with Crippen molar-refractivity contribution in [1.82, 2.24) is 4.90 Å². The average Bonchev–Trinajstić information content (AvgIpc) is 2.84. The van der Waals surface area contributed by atoms with Crippen molar-refractivity contribution < 1.29 is 29.7 Å². The number of anilines is 1. The molecule has 1 fully saturated rings. The number of carbonyl (C=O) groups is 3. The van der Waals surface area contributed by atoms with Crippen LogP contribution in [0.3, 0.4) is 0 Å². The lowest BCUT2D eigenvalue weighted by Gasteiger charge is -2.58. The summed E-state index contributed by atoms with van der Waals surface area (Å²) in [5.74, 6) is -5.77. The van der Waals surface area contributed by atoms with Gasteiger partial charge in [0.05, 0.1) is 34.3 Å². The Hall–Kier alpha value is -4.70. The lowest BCUT2D eigenvalue weighted by atomic mass is 9.47. The van der Waals surface area contributed by atoms with Crippen LogP contribution in [0.15, 0.2) is 47.2 Å². The Kier molecular flexibility index (Phi) is 5.87. The molecule has 3 aliphatic rings. The number of nitrogens with two attached hydrogens (primary N) is 4. The van der Waals surface area contributed by atoms with Gasteiger partial charge in [-0.3, -0.25) is 19.3 Å². The summed E-state index contributed by atoms with van der Waals surface area (Å²) in [6, 6.07) is 8.61. The zero-order valence-electron chi connectivity index (χ0n) is 22.6. The Morgan fingerprint density at radius 3 is 2.34 bits per heavy atom. The lowest BCUT2D eigenvalue weighted by Crippen LogP contribution is -2.80. The standard InChI is InChI=1S/C29H30N6O6/c1-12-4-5-13(8-16(12)31)14-6-7-17(36)18-15(14)9-27(33)10-29(34)23(35(2)3)22(38)19(26(32)41)24(39)28(29,11-30)25(40)20(27)21(18)37/h4-8,23,36-37,39H,9-10,31,33-34H2,1-3H3,(H2,32,41)/t23-,27-,28+,29-/m1/s1. The fourth-order valence-electron chi connectivity index (χ4n) is 6.91. The van der Waals surface area contributed by atoms with Crippen molar-refractivity contribution in [1.29, 1.82) is 5.26 Å². The summed E-state index contributed by atoms with van der Waals surface area (Å²) in [6.07, 6.45) is -0.596. The maximum atomic E-state index is 14.4. The van der Waals surface area contributed by atoms with Crippen molar-refractivity contribution in [2.75, 3.05) is 19.8 Å². The molecule has 1 amide bonds. The van der Waals surface area contributed by atoms with Gasteiger partial charge in [-0.15, -0.1) is 0 Å². The number of fused-ring (bicyclic) bond motifs is 3. The number of Topliss-reactive ketones (excluding diaryl/α,β-unsaturated/α-hetero) is 2. The molecule has 5 rings (SSSR count). The number of nitrogen functional groups attached to an aromatic ring is 1. The van der Waals surface area contributed by atoms with Crippen LogP contribution in [-0.2, 0) is 20.8 Å². The summed E-state index contributed by atoms with van der Waals surface area (Å²) in [5, 5.41) is 44.2. The van der Waals surface area contributed by atoms with E-state index >= 15 is 0 Å². The number of ketones is 2. The number of nitrogens with zero attached hydrogens (tertiary/aromatic N) is 2. The molecule has 0 bridgehead atoms. The van der Waals surface area contributed by atoms with E-state index in [1.807, 2.05) is 19.1 Å². The van der Waals surface area contributed by atoms with Crippen LogP contribution in [0.2, 0.25) is 0 Å². The van der Waals surface area contributed by atoms with Crippen LogP contribution in [0.1, 0.15) is 23.1 Å². The number of primary amides is 1. The first-order valence-corrected chi connectivity index (χ1v) is 12.7. The molecule has 0 radical (unpaired) electrons. The van der Waals surface area contributed by atoms with Gasteiger partial charge in [0.15, 0.2) is 17.0 Å². The van der Waals surface area contributed by atoms with Crippen LogP contribution in [0.5, 0.6) is 5.75 Å². The minimum atomic E-state index is -2.71. The van der Waals surface area contributed by atoms with Crippen molar-refractivity contribution in [3.05, 3.63) is 63.9 Å². The zero-order valence-corrected chi connectivity index (χ0v) is 22.6. The van der Waals surface area contributed by atoms with Gasteiger partial charge in [0, 0.05) is 5.69 Å². The maximum absolute atomic E-state index is 14.4. The molecular formula is C29H30N6O6. The first-order valence-electron chi connectivity index (χ1n) is 12.7. The number of likely N-dealkylation sites (N-methyl/N-ethyl adjacent to an activating group) is 1. The SMILES string of the molecule is Cc1ccc(-c2ccc(O)c3c2C[C@@]2(N)C[C@@]4(N)[C@H](N(C)C)C(=O)C(C(N)=O)=C(O)[C@@]4(C#N)C(=O)C2=C3O)cc1N. The number of phenols is 1. The highest BCUT2D eigenvalue weighted by atomic mass is 16.3. The molecule has 0 aliphatic heterocycles. The van der Waals surface area contributed by atoms with Crippen molar-refractivity contribution in [3.8, 4) is 22.9 Å². The van der Waals surface area contributed by atoms with Crippen molar-refractivity contribution in [2.24, 2.45) is 22.6 Å². The fraction of sp³-hybridized carbons (Fsp3) is 0.310. The van der Waals surface area contributed by atoms with E-state index in [2.05, 4.69) is 0 Å². The highest BCUT2D eigenvalue weighted by Gasteiger charge is 2.74. The summed E-state index contributed by atoms with van der Waals surface area (Å²) >= 11 is 0. The number of aliphatic hydroxyl groups excluding tert-OH is 2. The monoisotopic (exact) mass is 558 g/mol. The summed E-state index contributed by atoms with van der Waals surface area (Å²) in [4.78, 5) is 41.5. The van der Waals surface area contributed by atoms with Gasteiger partial charge in [-0.2, -0.15) is 5.26 Å². The topological polar surface area (TPSA) is 243 Å². The van der Waals surface area contributed by atoms with E-state index in [-0.39, 0.29) is 17.7 Å². The molecule has 3 aliphatic carbocycles. The normalized spacial score (nSPS) is 29.1. The van der Waals surface area contributed by atoms with Gasteiger partial charge >= 0.3 is 0 Å². The Bertz CT molecular complexity index is 1700. The highest BCUT2D eigenvalue weighted by Crippen LogP contribution is 2.58. The number of nitriles is 1. The van der Waals surface area contributed by atoms with Crippen LogP contribution in [0.4, 0.5) is 5.69 Å². The predicted molar refractivity (Wildman–Crippen MR) is 149 cm³/mol. The maximum Gasteiger partial charge on any atom is 0.255 e. The van der Waals surface area contributed by atoms with Crippen LogP contribution < -0.4 is 22.9 Å². The molecule has 0 heterocycles. The second kappa shape index (κ2) is 8.65. The lowest BCUT2D eigenvalue weighted by molar-refractivity contribution is -0.139. The minimum absolute atomic E-state index is 0.0849. The number of amides is 1. The smallest absolute Gasteiger partial charge is 0.255 e. The minimum Gasteiger partial charge on any atom is -0.509 e. The second-order valence-electron chi connectivity index (χ2n) is 11.3. The Balaban J connectivity index is 1.86. The van der Waals surface area contributed by atoms with E-state index in [9.17, 15) is 35.0 Å².